The van der Waals surface area contributed by atoms with Gasteiger partial charge in [0.1, 0.15) is 0 Å². The number of hydrogen-bond acceptors (Lipinski definition) is 3. The number of ether oxygens (including phenoxy) is 1. The monoisotopic (exact) mass is 227 g/mol. The molecule has 0 amide bonds. The van der Waals surface area contributed by atoms with Crippen molar-refractivity contribution in [2.75, 3.05) is 26.2 Å². The zero-order valence-corrected chi connectivity index (χ0v) is 10.6. The Morgan fingerprint density at radius 3 is 2.81 bits per heavy atom. The van der Waals surface area contributed by atoms with E-state index in [1.165, 1.54) is 25.8 Å². The first kappa shape index (κ1) is 12.3. The Labute approximate surface area is 98.8 Å². The van der Waals surface area contributed by atoms with E-state index in [2.05, 4.69) is 18.7 Å². The minimum Gasteiger partial charge on any atom is -0.396 e. The molecule has 0 aromatic carbocycles. The van der Waals surface area contributed by atoms with Crippen molar-refractivity contribution in [3.8, 4) is 0 Å². The summed E-state index contributed by atoms with van der Waals surface area (Å²) in [6, 6.07) is 0. The summed E-state index contributed by atoms with van der Waals surface area (Å²) in [5.41, 5.74) is 0.0922. The van der Waals surface area contributed by atoms with Gasteiger partial charge in [-0.2, -0.15) is 0 Å². The molecule has 2 heterocycles. The van der Waals surface area contributed by atoms with E-state index < -0.39 is 0 Å². The highest BCUT2D eigenvalue weighted by Gasteiger charge is 2.33. The van der Waals surface area contributed by atoms with Crippen LogP contribution < -0.4 is 0 Å². The molecular weight excluding hydrogens is 202 g/mol. The largest absolute Gasteiger partial charge is 0.396 e. The van der Waals surface area contributed by atoms with Crippen molar-refractivity contribution in [3.05, 3.63) is 0 Å². The molecule has 16 heavy (non-hydrogen) atoms. The Balaban J connectivity index is 1.71. The molecule has 2 fully saturated rings. The van der Waals surface area contributed by atoms with E-state index in [0.29, 0.717) is 18.6 Å². The molecule has 0 aromatic rings. The van der Waals surface area contributed by atoms with Gasteiger partial charge in [0, 0.05) is 19.7 Å². The van der Waals surface area contributed by atoms with Crippen LogP contribution in [0.5, 0.6) is 0 Å². The molecular formula is C13H25NO2. The number of nitrogens with zero attached hydrogens (tertiary/aromatic N) is 1. The third-order valence-electron chi connectivity index (χ3n) is 3.92. The molecule has 3 heteroatoms. The van der Waals surface area contributed by atoms with E-state index in [4.69, 9.17) is 9.84 Å². The molecule has 0 saturated carbocycles. The summed E-state index contributed by atoms with van der Waals surface area (Å²) in [4.78, 5) is 2.51. The normalized spacial score (nSPS) is 34.7. The van der Waals surface area contributed by atoms with Gasteiger partial charge in [0.2, 0.25) is 0 Å². The summed E-state index contributed by atoms with van der Waals surface area (Å²) in [6.45, 7) is 8.14. The van der Waals surface area contributed by atoms with E-state index in [-0.39, 0.29) is 5.60 Å². The molecule has 1 N–H and O–H groups in total. The van der Waals surface area contributed by atoms with Gasteiger partial charge in [0.05, 0.1) is 11.7 Å². The van der Waals surface area contributed by atoms with Crippen LogP contribution in [0.15, 0.2) is 0 Å². The Hall–Kier alpha value is -0.120. The molecule has 0 aromatic heterocycles. The van der Waals surface area contributed by atoms with E-state index in [1.807, 2.05) is 0 Å². The van der Waals surface area contributed by atoms with E-state index in [9.17, 15) is 0 Å². The van der Waals surface area contributed by atoms with Gasteiger partial charge < -0.3 is 14.7 Å². The molecule has 2 aliphatic rings. The smallest absolute Gasteiger partial charge is 0.0710 e. The average molecular weight is 227 g/mol. The number of hydrogen-bond donors (Lipinski definition) is 1. The first-order valence-corrected chi connectivity index (χ1v) is 6.60. The number of aliphatic hydroxyl groups excluding tert-OH is 1. The first-order valence-electron chi connectivity index (χ1n) is 6.60. The summed E-state index contributed by atoms with van der Waals surface area (Å²) in [6.07, 6.45) is 5.03. The third-order valence-corrected chi connectivity index (χ3v) is 3.92. The van der Waals surface area contributed by atoms with Gasteiger partial charge in [0.25, 0.3) is 0 Å². The Bertz CT molecular complexity index is 230. The second kappa shape index (κ2) is 5.03. The minimum absolute atomic E-state index is 0.0922. The Kier molecular flexibility index (Phi) is 3.88. The highest BCUT2D eigenvalue weighted by atomic mass is 16.5. The topological polar surface area (TPSA) is 32.7 Å². The summed E-state index contributed by atoms with van der Waals surface area (Å²) >= 11 is 0. The quantitative estimate of drug-likeness (QED) is 0.792. The molecule has 2 rings (SSSR count). The fourth-order valence-electron chi connectivity index (χ4n) is 2.99. The molecule has 2 atom stereocenters. The molecule has 0 bridgehead atoms. The third kappa shape index (κ3) is 3.19. The standard InChI is InChI=1S/C13H25NO2/c1-13(2)6-3-12(16-13)10-14-7-4-11(9-14)5-8-15/h11-12,15H,3-10H2,1-2H3. The first-order chi connectivity index (χ1) is 7.59. The van der Waals surface area contributed by atoms with Gasteiger partial charge in [0.15, 0.2) is 0 Å². The highest BCUT2D eigenvalue weighted by molar-refractivity contribution is 4.85. The van der Waals surface area contributed by atoms with Crippen molar-refractivity contribution in [2.24, 2.45) is 5.92 Å². The number of aliphatic hydroxyl groups is 1. The average Bonchev–Trinajstić information content (AvgIpc) is 2.75. The summed E-state index contributed by atoms with van der Waals surface area (Å²) in [7, 11) is 0. The lowest BCUT2D eigenvalue weighted by Gasteiger charge is -2.23. The molecule has 0 radical (unpaired) electrons. The minimum atomic E-state index is 0.0922. The summed E-state index contributed by atoms with van der Waals surface area (Å²) in [5.74, 6) is 0.708. The molecule has 94 valence electrons. The molecule has 2 saturated heterocycles. The maximum atomic E-state index is 8.92. The van der Waals surface area contributed by atoms with E-state index in [0.717, 1.165) is 19.5 Å². The van der Waals surface area contributed by atoms with Crippen LogP contribution in [0.2, 0.25) is 0 Å². The second-order valence-corrected chi connectivity index (χ2v) is 5.96. The van der Waals surface area contributed by atoms with Crippen molar-refractivity contribution < 1.29 is 9.84 Å². The van der Waals surface area contributed by atoms with Crippen LogP contribution in [0.25, 0.3) is 0 Å². The zero-order valence-electron chi connectivity index (χ0n) is 10.6. The lowest BCUT2D eigenvalue weighted by molar-refractivity contribution is -0.0266. The highest BCUT2D eigenvalue weighted by Crippen LogP contribution is 2.30. The van der Waals surface area contributed by atoms with Gasteiger partial charge in [-0.15, -0.1) is 0 Å². The molecule has 3 nitrogen and oxygen atoms in total. The fourth-order valence-corrected chi connectivity index (χ4v) is 2.99. The van der Waals surface area contributed by atoms with Gasteiger partial charge in [-0.1, -0.05) is 0 Å². The van der Waals surface area contributed by atoms with Crippen LogP contribution in [0.3, 0.4) is 0 Å². The number of rotatable bonds is 4. The molecule has 2 unspecified atom stereocenters. The summed E-state index contributed by atoms with van der Waals surface area (Å²) < 4.78 is 6.01. The van der Waals surface area contributed by atoms with Gasteiger partial charge in [-0.3, -0.25) is 0 Å². The van der Waals surface area contributed by atoms with E-state index >= 15 is 0 Å². The van der Waals surface area contributed by atoms with Gasteiger partial charge >= 0.3 is 0 Å². The fraction of sp³-hybridized carbons (Fsp3) is 1.00. The predicted molar refractivity (Wildman–Crippen MR) is 64.4 cm³/mol. The lowest BCUT2D eigenvalue weighted by Crippen LogP contribution is -2.32. The molecule has 0 spiro atoms. The zero-order chi connectivity index (χ0) is 11.6. The molecule has 0 aliphatic carbocycles. The van der Waals surface area contributed by atoms with Crippen molar-refractivity contribution in [3.63, 3.8) is 0 Å². The van der Waals surface area contributed by atoms with Crippen molar-refractivity contribution in [1.82, 2.24) is 4.90 Å². The molecule has 2 aliphatic heterocycles. The van der Waals surface area contributed by atoms with Crippen LogP contribution >= 0.6 is 0 Å². The van der Waals surface area contributed by atoms with Gasteiger partial charge in [-0.05, 0) is 52.0 Å². The van der Waals surface area contributed by atoms with Gasteiger partial charge in [-0.25, -0.2) is 0 Å². The van der Waals surface area contributed by atoms with Crippen LogP contribution in [-0.4, -0.2) is 48.0 Å². The summed E-state index contributed by atoms with van der Waals surface area (Å²) in [5, 5.41) is 8.92. The van der Waals surface area contributed by atoms with Crippen LogP contribution in [0.1, 0.15) is 39.5 Å². The van der Waals surface area contributed by atoms with Crippen LogP contribution in [0.4, 0.5) is 0 Å². The van der Waals surface area contributed by atoms with Crippen LogP contribution in [-0.2, 0) is 4.74 Å². The maximum absolute atomic E-state index is 8.92. The maximum Gasteiger partial charge on any atom is 0.0710 e. The Morgan fingerprint density at radius 1 is 1.38 bits per heavy atom. The van der Waals surface area contributed by atoms with Crippen molar-refractivity contribution in [1.29, 1.82) is 0 Å². The van der Waals surface area contributed by atoms with Crippen molar-refractivity contribution in [2.45, 2.75) is 51.2 Å². The lowest BCUT2D eigenvalue weighted by atomic mass is 10.1. The van der Waals surface area contributed by atoms with Crippen LogP contribution in [0, 0.1) is 5.92 Å². The SMILES string of the molecule is CC1(C)CCC(CN2CCC(CCO)C2)O1. The Morgan fingerprint density at radius 2 is 2.19 bits per heavy atom. The second-order valence-electron chi connectivity index (χ2n) is 5.96. The van der Waals surface area contributed by atoms with Crippen molar-refractivity contribution >= 4 is 0 Å². The predicted octanol–water partition coefficient (Wildman–Crippen LogP) is 1.65. The number of likely N-dealkylation sites (tertiary alicyclic amines) is 1. The van der Waals surface area contributed by atoms with E-state index in [1.54, 1.807) is 0 Å².